The van der Waals surface area contributed by atoms with Crippen LogP contribution in [-0.4, -0.2) is 27.3 Å². The Kier molecular flexibility index (Phi) is 5.13. The highest BCUT2D eigenvalue weighted by Crippen LogP contribution is 2.32. The van der Waals surface area contributed by atoms with E-state index in [2.05, 4.69) is 39.9 Å². The van der Waals surface area contributed by atoms with Gasteiger partial charge in [-0.05, 0) is 29.0 Å². The summed E-state index contributed by atoms with van der Waals surface area (Å²) in [7, 11) is 3.42. The number of benzene rings is 2. The van der Waals surface area contributed by atoms with Crippen LogP contribution < -0.4 is 14.8 Å². The third-order valence-corrected chi connectivity index (χ3v) is 3.80. The summed E-state index contributed by atoms with van der Waals surface area (Å²) in [5.74, 6) is 2.00. The quantitative estimate of drug-likeness (QED) is 0.713. The van der Waals surface area contributed by atoms with Crippen molar-refractivity contribution in [1.82, 2.24) is 20.2 Å². The monoisotopic (exact) mass is 339 g/mol. The number of hydrogen-bond acceptors (Lipinski definition) is 6. The van der Waals surface area contributed by atoms with Crippen LogP contribution in [0.15, 0.2) is 42.5 Å². The normalized spacial score (nSPS) is 10.5. The summed E-state index contributed by atoms with van der Waals surface area (Å²) < 4.78 is 13.1. The molecule has 0 aliphatic rings. The van der Waals surface area contributed by atoms with Crippen molar-refractivity contribution in [2.24, 2.45) is 7.05 Å². The lowest BCUT2D eigenvalue weighted by atomic mass is 10.1. The fraction of sp³-hybridized carbons (Fsp3) is 0.278. The van der Waals surface area contributed by atoms with Crippen LogP contribution >= 0.6 is 0 Å². The first-order valence-electron chi connectivity index (χ1n) is 7.98. The first-order chi connectivity index (χ1) is 12.2. The van der Waals surface area contributed by atoms with Gasteiger partial charge >= 0.3 is 0 Å². The zero-order chi connectivity index (χ0) is 17.6. The van der Waals surface area contributed by atoms with Crippen LogP contribution in [0.4, 0.5) is 5.95 Å². The third-order valence-electron chi connectivity index (χ3n) is 3.80. The molecule has 1 heterocycles. The smallest absolute Gasteiger partial charge is 0.242 e. The highest BCUT2D eigenvalue weighted by Gasteiger charge is 2.12. The molecule has 3 aromatic rings. The SMILES string of the molecule is COc1cccc(CNc2nnnn2C)c1OCc1cccc(C)c1. The standard InChI is InChI=1S/C18H21N5O2/c1-13-6-4-7-14(10-13)12-25-17-15(8-5-9-16(17)24-3)11-19-18-20-21-22-23(18)2/h4-10H,11-12H2,1-3H3,(H,19,20,22). The third kappa shape index (κ3) is 4.06. The van der Waals surface area contributed by atoms with Gasteiger partial charge in [-0.3, -0.25) is 0 Å². The second-order valence-electron chi connectivity index (χ2n) is 5.71. The largest absolute Gasteiger partial charge is 0.493 e. The summed E-state index contributed by atoms with van der Waals surface area (Å²) in [6.45, 7) is 3.06. The van der Waals surface area contributed by atoms with Gasteiger partial charge in [0.25, 0.3) is 0 Å². The van der Waals surface area contributed by atoms with Crippen molar-refractivity contribution >= 4 is 5.95 Å². The van der Waals surface area contributed by atoms with Gasteiger partial charge in [0.2, 0.25) is 5.95 Å². The molecule has 1 aromatic heterocycles. The lowest BCUT2D eigenvalue weighted by Gasteiger charge is -2.16. The van der Waals surface area contributed by atoms with Gasteiger partial charge in [-0.1, -0.05) is 47.1 Å². The number of aryl methyl sites for hydroxylation is 2. The van der Waals surface area contributed by atoms with Crippen molar-refractivity contribution in [3.05, 3.63) is 59.2 Å². The Morgan fingerprint density at radius 1 is 1.16 bits per heavy atom. The number of ether oxygens (including phenoxy) is 2. The minimum Gasteiger partial charge on any atom is -0.493 e. The molecule has 2 aromatic carbocycles. The lowest BCUT2D eigenvalue weighted by Crippen LogP contribution is -2.08. The van der Waals surface area contributed by atoms with E-state index in [1.807, 2.05) is 30.3 Å². The number of nitrogens with one attached hydrogen (secondary N) is 1. The van der Waals surface area contributed by atoms with E-state index in [9.17, 15) is 0 Å². The average molecular weight is 339 g/mol. The van der Waals surface area contributed by atoms with Gasteiger partial charge in [0.15, 0.2) is 11.5 Å². The molecular formula is C18H21N5O2. The topological polar surface area (TPSA) is 74.1 Å². The number of hydrogen-bond donors (Lipinski definition) is 1. The summed E-state index contributed by atoms with van der Waals surface area (Å²) >= 11 is 0. The molecule has 0 saturated heterocycles. The van der Waals surface area contributed by atoms with Gasteiger partial charge in [0, 0.05) is 19.2 Å². The summed E-state index contributed by atoms with van der Waals surface area (Å²) in [6, 6.07) is 14.1. The van der Waals surface area contributed by atoms with Crippen LogP contribution in [0.25, 0.3) is 0 Å². The summed E-state index contributed by atoms with van der Waals surface area (Å²) in [5.41, 5.74) is 3.29. The zero-order valence-electron chi connectivity index (χ0n) is 14.6. The number of rotatable bonds is 7. The van der Waals surface area contributed by atoms with E-state index in [4.69, 9.17) is 9.47 Å². The lowest BCUT2D eigenvalue weighted by molar-refractivity contribution is 0.281. The number of anilines is 1. The summed E-state index contributed by atoms with van der Waals surface area (Å²) in [4.78, 5) is 0. The maximum Gasteiger partial charge on any atom is 0.242 e. The Morgan fingerprint density at radius 3 is 2.72 bits per heavy atom. The Morgan fingerprint density at radius 2 is 2.00 bits per heavy atom. The Labute approximate surface area is 146 Å². The summed E-state index contributed by atoms with van der Waals surface area (Å²) in [6.07, 6.45) is 0. The molecule has 7 heteroatoms. The molecule has 130 valence electrons. The summed E-state index contributed by atoms with van der Waals surface area (Å²) in [5, 5.41) is 14.5. The molecule has 0 unspecified atom stereocenters. The van der Waals surface area contributed by atoms with E-state index < -0.39 is 0 Å². The molecule has 0 fully saturated rings. The number of para-hydroxylation sites is 1. The molecule has 0 spiro atoms. The molecule has 3 rings (SSSR count). The van der Waals surface area contributed by atoms with Crippen molar-refractivity contribution < 1.29 is 9.47 Å². The first kappa shape index (κ1) is 16.8. The van der Waals surface area contributed by atoms with Crippen molar-refractivity contribution in [3.63, 3.8) is 0 Å². The molecule has 1 N–H and O–H groups in total. The Bertz CT molecular complexity index is 847. The molecule has 0 aliphatic carbocycles. The van der Waals surface area contributed by atoms with Crippen molar-refractivity contribution in [2.45, 2.75) is 20.1 Å². The van der Waals surface area contributed by atoms with Gasteiger partial charge in [0.05, 0.1) is 7.11 Å². The van der Waals surface area contributed by atoms with Crippen molar-refractivity contribution in [2.75, 3.05) is 12.4 Å². The number of nitrogens with zero attached hydrogens (tertiary/aromatic N) is 4. The number of methoxy groups -OCH3 is 1. The molecule has 0 atom stereocenters. The zero-order valence-corrected chi connectivity index (χ0v) is 14.6. The Hall–Kier alpha value is -3.09. The maximum atomic E-state index is 6.08. The van der Waals surface area contributed by atoms with Crippen LogP contribution in [0.3, 0.4) is 0 Å². The van der Waals surface area contributed by atoms with Gasteiger partial charge in [0.1, 0.15) is 6.61 Å². The van der Waals surface area contributed by atoms with Crippen LogP contribution in [0.5, 0.6) is 11.5 Å². The molecule has 0 radical (unpaired) electrons. The van der Waals surface area contributed by atoms with E-state index in [0.717, 1.165) is 11.1 Å². The van der Waals surface area contributed by atoms with Crippen LogP contribution in [0.1, 0.15) is 16.7 Å². The van der Waals surface area contributed by atoms with Gasteiger partial charge < -0.3 is 14.8 Å². The Balaban J connectivity index is 1.77. The predicted molar refractivity (Wildman–Crippen MR) is 94.6 cm³/mol. The second-order valence-corrected chi connectivity index (χ2v) is 5.71. The molecule has 0 bridgehead atoms. The van der Waals surface area contributed by atoms with Gasteiger partial charge in [-0.2, -0.15) is 0 Å². The molecule has 0 aliphatic heterocycles. The van der Waals surface area contributed by atoms with E-state index >= 15 is 0 Å². The van der Waals surface area contributed by atoms with Crippen LogP contribution in [0.2, 0.25) is 0 Å². The van der Waals surface area contributed by atoms with Crippen LogP contribution in [-0.2, 0) is 20.2 Å². The molecule has 0 amide bonds. The van der Waals surface area contributed by atoms with E-state index in [-0.39, 0.29) is 0 Å². The first-order valence-corrected chi connectivity index (χ1v) is 7.98. The van der Waals surface area contributed by atoms with Crippen molar-refractivity contribution in [3.8, 4) is 11.5 Å². The fourth-order valence-corrected chi connectivity index (χ4v) is 2.54. The molecule has 0 saturated carbocycles. The van der Waals surface area contributed by atoms with E-state index in [0.29, 0.717) is 30.6 Å². The van der Waals surface area contributed by atoms with Crippen LogP contribution in [0, 0.1) is 6.92 Å². The van der Waals surface area contributed by atoms with Crippen molar-refractivity contribution in [1.29, 1.82) is 0 Å². The number of aromatic nitrogens is 4. The minimum absolute atomic E-state index is 0.473. The van der Waals surface area contributed by atoms with E-state index in [1.54, 1.807) is 18.8 Å². The molecule has 7 nitrogen and oxygen atoms in total. The van der Waals surface area contributed by atoms with Gasteiger partial charge in [-0.15, -0.1) is 0 Å². The predicted octanol–water partition coefficient (Wildman–Crippen LogP) is 2.72. The maximum absolute atomic E-state index is 6.08. The fourth-order valence-electron chi connectivity index (χ4n) is 2.54. The van der Waals surface area contributed by atoms with E-state index in [1.165, 1.54) is 5.56 Å². The number of tetrazole rings is 1. The van der Waals surface area contributed by atoms with Gasteiger partial charge in [-0.25, -0.2) is 4.68 Å². The average Bonchev–Trinajstić information content (AvgIpc) is 3.03. The second kappa shape index (κ2) is 7.65. The molecular weight excluding hydrogens is 318 g/mol. The highest BCUT2D eigenvalue weighted by molar-refractivity contribution is 5.48. The minimum atomic E-state index is 0.473. The highest BCUT2D eigenvalue weighted by atomic mass is 16.5. The molecule has 25 heavy (non-hydrogen) atoms.